The Labute approximate surface area is 162 Å². The van der Waals surface area contributed by atoms with E-state index < -0.39 is 0 Å². The molecule has 26 heavy (non-hydrogen) atoms. The van der Waals surface area contributed by atoms with Crippen molar-refractivity contribution in [1.29, 1.82) is 0 Å². The quantitative estimate of drug-likeness (QED) is 0.687. The lowest BCUT2D eigenvalue weighted by Crippen LogP contribution is -2.40. The first kappa shape index (κ1) is 19.0. The van der Waals surface area contributed by atoms with E-state index in [1.54, 1.807) is 7.11 Å². The van der Waals surface area contributed by atoms with E-state index in [9.17, 15) is 4.79 Å². The van der Waals surface area contributed by atoms with E-state index in [-0.39, 0.29) is 11.2 Å². The molecule has 1 unspecified atom stereocenters. The number of methoxy groups -OCH3 is 1. The van der Waals surface area contributed by atoms with Crippen LogP contribution in [-0.2, 0) is 4.79 Å². The van der Waals surface area contributed by atoms with Crippen LogP contribution in [0, 0.1) is 0 Å². The van der Waals surface area contributed by atoms with Gasteiger partial charge in [-0.05, 0) is 44.0 Å². The minimum absolute atomic E-state index is 0.0850. The molecule has 1 aromatic carbocycles. The second-order valence-corrected chi connectivity index (χ2v) is 8.90. The minimum Gasteiger partial charge on any atom is -0.497 e. The largest absolute Gasteiger partial charge is 0.497 e. The first-order valence-electron chi connectivity index (χ1n) is 8.85. The van der Waals surface area contributed by atoms with Crippen LogP contribution in [0.15, 0.2) is 28.6 Å². The number of hydrogen-bond acceptors (Lipinski definition) is 7. The van der Waals surface area contributed by atoms with Gasteiger partial charge in [0.25, 0.3) is 0 Å². The highest BCUT2D eigenvalue weighted by Crippen LogP contribution is 2.31. The van der Waals surface area contributed by atoms with E-state index >= 15 is 0 Å². The second kappa shape index (κ2) is 9.23. The number of carbonyl (C=O) groups is 1. The van der Waals surface area contributed by atoms with Crippen molar-refractivity contribution in [1.82, 2.24) is 15.5 Å². The summed E-state index contributed by atoms with van der Waals surface area (Å²) >= 11 is 2.90. The number of carbonyl (C=O) groups excluding carboxylic acids is 1. The number of anilines is 2. The van der Waals surface area contributed by atoms with Crippen molar-refractivity contribution in [3.05, 3.63) is 24.3 Å². The van der Waals surface area contributed by atoms with Crippen molar-refractivity contribution in [3.63, 3.8) is 0 Å². The summed E-state index contributed by atoms with van der Waals surface area (Å²) in [6.07, 6.45) is 5.90. The molecular formula is C18H24N4O2S2. The molecule has 0 spiro atoms. The van der Waals surface area contributed by atoms with E-state index in [4.69, 9.17) is 4.74 Å². The Morgan fingerprint density at radius 2 is 1.96 bits per heavy atom. The van der Waals surface area contributed by atoms with Crippen LogP contribution >= 0.6 is 23.1 Å². The summed E-state index contributed by atoms with van der Waals surface area (Å²) in [5.74, 6) is 0.892. The Balaban J connectivity index is 1.51. The highest BCUT2D eigenvalue weighted by Gasteiger charge is 2.21. The normalized spacial score (nSPS) is 16.1. The molecule has 2 N–H and O–H groups in total. The third-order valence-electron chi connectivity index (χ3n) is 4.35. The monoisotopic (exact) mass is 392 g/mol. The second-order valence-electron chi connectivity index (χ2n) is 6.33. The van der Waals surface area contributed by atoms with Gasteiger partial charge in [0.1, 0.15) is 5.75 Å². The van der Waals surface area contributed by atoms with Gasteiger partial charge in [-0.15, -0.1) is 10.2 Å². The Morgan fingerprint density at radius 3 is 2.65 bits per heavy atom. The van der Waals surface area contributed by atoms with Crippen LogP contribution in [0.25, 0.3) is 0 Å². The van der Waals surface area contributed by atoms with Gasteiger partial charge in [-0.25, -0.2) is 0 Å². The zero-order chi connectivity index (χ0) is 18.4. The lowest BCUT2D eigenvalue weighted by atomic mass is 9.95. The maximum absolute atomic E-state index is 12.4. The van der Waals surface area contributed by atoms with Crippen molar-refractivity contribution in [2.45, 2.75) is 54.7 Å². The summed E-state index contributed by atoms with van der Waals surface area (Å²) in [6, 6.07) is 7.95. The van der Waals surface area contributed by atoms with E-state index in [0.29, 0.717) is 11.2 Å². The highest BCUT2D eigenvalue weighted by molar-refractivity contribution is 8.02. The molecule has 3 rings (SSSR count). The molecule has 6 nitrogen and oxygen atoms in total. The number of rotatable bonds is 7. The van der Waals surface area contributed by atoms with Crippen LogP contribution in [0.2, 0.25) is 0 Å². The van der Waals surface area contributed by atoms with E-state index in [1.165, 1.54) is 42.4 Å². The molecule has 1 aliphatic carbocycles. The average Bonchev–Trinajstić information content (AvgIpc) is 3.10. The van der Waals surface area contributed by atoms with Gasteiger partial charge in [0.15, 0.2) is 4.34 Å². The summed E-state index contributed by atoms with van der Waals surface area (Å²) in [7, 11) is 1.64. The van der Waals surface area contributed by atoms with Crippen molar-refractivity contribution in [3.8, 4) is 5.75 Å². The number of thioether (sulfide) groups is 1. The summed E-state index contributed by atoms with van der Waals surface area (Å²) in [5, 5.41) is 15.2. The molecule has 1 atom stereocenters. The van der Waals surface area contributed by atoms with E-state index in [1.807, 2.05) is 31.2 Å². The fourth-order valence-electron chi connectivity index (χ4n) is 2.88. The molecule has 8 heteroatoms. The number of ether oxygens (including phenoxy) is 1. The van der Waals surface area contributed by atoms with Gasteiger partial charge in [-0.2, -0.15) is 0 Å². The van der Waals surface area contributed by atoms with Crippen LogP contribution in [-0.4, -0.2) is 34.5 Å². The molecule has 1 aliphatic rings. The third-order valence-corrected chi connectivity index (χ3v) is 6.37. The number of aromatic nitrogens is 2. The number of nitrogens with one attached hydrogen (secondary N) is 2. The summed E-state index contributed by atoms with van der Waals surface area (Å²) in [4.78, 5) is 12.4. The number of benzene rings is 1. The van der Waals surface area contributed by atoms with Gasteiger partial charge in [0, 0.05) is 11.7 Å². The molecule has 0 aliphatic heterocycles. The molecule has 1 saturated carbocycles. The first-order valence-corrected chi connectivity index (χ1v) is 10.6. The molecule has 140 valence electrons. The summed E-state index contributed by atoms with van der Waals surface area (Å²) in [5.41, 5.74) is 0.918. The molecule has 1 heterocycles. The van der Waals surface area contributed by atoms with Gasteiger partial charge in [0.2, 0.25) is 11.0 Å². The van der Waals surface area contributed by atoms with Crippen molar-refractivity contribution in [2.75, 3.05) is 12.4 Å². The molecular weight excluding hydrogens is 368 g/mol. The van der Waals surface area contributed by atoms with Gasteiger partial charge < -0.3 is 15.4 Å². The minimum atomic E-state index is -0.182. The topological polar surface area (TPSA) is 76.1 Å². The molecule has 0 bridgehead atoms. The Bertz CT molecular complexity index is 714. The van der Waals surface area contributed by atoms with Gasteiger partial charge in [-0.1, -0.05) is 42.4 Å². The Kier molecular flexibility index (Phi) is 6.73. The Morgan fingerprint density at radius 1 is 1.23 bits per heavy atom. The lowest BCUT2D eigenvalue weighted by molar-refractivity contribution is -0.121. The van der Waals surface area contributed by atoms with Crippen LogP contribution < -0.4 is 15.4 Å². The smallest absolute Gasteiger partial charge is 0.233 e. The van der Waals surface area contributed by atoms with Crippen molar-refractivity contribution >= 4 is 39.8 Å². The first-order chi connectivity index (χ1) is 12.6. The predicted octanol–water partition coefficient (Wildman–Crippen LogP) is 4.22. The number of amides is 1. The van der Waals surface area contributed by atoms with Gasteiger partial charge in [0.05, 0.1) is 12.4 Å². The molecule has 1 amide bonds. The predicted molar refractivity (Wildman–Crippen MR) is 107 cm³/mol. The molecule has 2 aromatic rings. The molecule has 0 saturated heterocycles. The van der Waals surface area contributed by atoms with Crippen molar-refractivity contribution in [2.24, 2.45) is 0 Å². The SMILES string of the molecule is COc1ccc(Nc2nnc(SC(C)C(=O)NC3CCCCC3)s2)cc1. The highest BCUT2D eigenvalue weighted by atomic mass is 32.2. The van der Waals surface area contributed by atoms with Gasteiger partial charge >= 0.3 is 0 Å². The summed E-state index contributed by atoms with van der Waals surface area (Å²) < 4.78 is 5.93. The molecule has 1 aromatic heterocycles. The number of hydrogen-bond donors (Lipinski definition) is 2. The van der Waals surface area contributed by atoms with Crippen LogP contribution in [0.5, 0.6) is 5.75 Å². The standard InChI is InChI=1S/C18H24N4O2S2/c1-12(16(23)19-13-6-4-3-5-7-13)25-18-22-21-17(26-18)20-14-8-10-15(24-2)11-9-14/h8-13H,3-7H2,1-2H3,(H,19,23)(H,20,21). The third kappa shape index (κ3) is 5.35. The van der Waals surface area contributed by atoms with E-state index in [2.05, 4.69) is 20.8 Å². The maximum atomic E-state index is 12.4. The maximum Gasteiger partial charge on any atom is 0.233 e. The lowest BCUT2D eigenvalue weighted by Gasteiger charge is -2.24. The fourth-order valence-corrected chi connectivity index (χ4v) is 4.80. The Hall–Kier alpha value is -1.80. The number of nitrogens with zero attached hydrogens (tertiary/aromatic N) is 2. The fraction of sp³-hybridized carbons (Fsp3) is 0.500. The van der Waals surface area contributed by atoms with E-state index in [0.717, 1.165) is 28.6 Å². The van der Waals surface area contributed by atoms with Crippen LogP contribution in [0.3, 0.4) is 0 Å². The summed E-state index contributed by atoms with van der Waals surface area (Å²) in [6.45, 7) is 1.92. The van der Waals surface area contributed by atoms with Crippen LogP contribution in [0.4, 0.5) is 10.8 Å². The average molecular weight is 393 g/mol. The van der Waals surface area contributed by atoms with Gasteiger partial charge in [-0.3, -0.25) is 4.79 Å². The van der Waals surface area contributed by atoms with Crippen molar-refractivity contribution < 1.29 is 9.53 Å². The zero-order valence-electron chi connectivity index (χ0n) is 15.0. The zero-order valence-corrected chi connectivity index (χ0v) is 16.7. The van der Waals surface area contributed by atoms with Crippen LogP contribution in [0.1, 0.15) is 39.0 Å². The molecule has 0 radical (unpaired) electrons. The molecule has 1 fully saturated rings.